The standard InChI is InChI=1S/C22H27Cl2NO6/c1-10(11(2)26)21-18(31-21)6-13-9-29-17(20(28)19(13)27)7-14-8-25-22(30-14)12-3-4-15(23)16(24)5-12/h3-5,8,10-11,13,17-21,26-28H,6-7,9H2,1-2H3/t10-,11-,13-,17-,18-,19+,20-,21-/m0/s1. The van der Waals surface area contributed by atoms with E-state index in [1.54, 1.807) is 31.3 Å². The monoisotopic (exact) mass is 471 g/mol. The summed E-state index contributed by atoms with van der Waals surface area (Å²) in [7, 11) is 0. The van der Waals surface area contributed by atoms with Gasteiger partial charge in [0.1, 0.15) is 11.9 Å². The molecule has 2 aromatic rings. The molecule has 3 N–H and O–H groups in total. The molecule has 3 heterocycles. The van der Waals surface area contributed by atoms with Crippen molar-refractivity contribution in [3.8, 4) is 11.5 Å². The number of oxazole rings is 1. The van der Waals surface area contributed by atoms with Crippen molar-refractivity contribution in [1.82, 2.24) is 4.98 Å². The molecule has 7 nitrogen and oxygen atoms in total. The number of halogens is 2. The quantitative estimate of drug-likeness (QED) is 0.532. The number of hydrogen-bond acceptors (Lipinski definition) is 7. The summed E-state index contributed by atoms with van der Waals surface area (Å²) in [4.78, 5) is 4.26. The van der Waals surface area contributed by atoms with E-state index >= 15 is 0 Å². The third-order valence-electron chi connectivity index (χ3n) is 6.30. The van der Waals surface area contributed by atoms with Crippen LogP contribution in [0, 0.1) is 11.8 Å². The molecule has 8 atom stereocenters. The Morgan fingerprint density at radius 3 is 2.61 bits per heavy atom. The van der Waals surface area contributed by atoms with Crippen molar-refractivity contribution in [2.75, 3.05) is 6.61 Å². The lowest BCUT2D eigenvalue weighted by Crippen LogP contribution is -2.51. The Morgan fingerprint density at radius 2 is 1.90 bits per heavy atom. The molecule has 0 spiro atoms. The van der Waals surface area contributed by atoms with E-state index in [-0.39, 0.29) is 30.5 Å². The lowest BCUT2D eigenvalue weighted by atomic mass is 9.86. The molecule has 0 saturated carbocycles. The molecule has 0 unspecified atom stereocenters. The van der Waals surface area contributed by atoms with Crippen LogP contribution in [0.15, 0.2) is 28.8 Å². The van der Waals surface area contributed by atoms with Gasteiger partial charge in [0.25, 0.3) is 0 Å². The summed E-state index contributed by atoms with van der Waals surface area (Å²) >= 11 is 12.0. The maximum Gasteiger partial charge on any atom is 0.226 e. The first-order valence-corrected chi connectivity index (χ1v) is 11.2. The second-order valence-electron chi connectivity index (χ2n) is 8.55. The van der Waals surface area contributed by atoms with Crippen LogP contribution in [-0.4, -0.2) is 63.5 Å². The number of benzene rings is 1. The molecule has 0 amide bonds. The van der Waals surface area contributed by atoms with E-state index in [2.05, 4.69) is 4.98 Å². The zero-order valence-corrected chi connectivity index (χ0v) is 18.8. The summed E-state index contributed by atoms with van der Waals surface area (Å²) < 4.78 is 17.3. The highest BCUT2D eigenvalue weighted by Gasteiger charge is 2.48. The van der Waals surface area contributed by atoms with Gasteiger partial charge in [0.2, 0.25) is 5.89 Å². The predicted octanol–water partition coefficient (Wildman–Crippen LogP) is 3.10. The average Bonchev–Trinajstić information content (AvgIpc) is 3.35. The summed E-state index contributed by atoms with van der Waals surface area (Å²) in [6.07, 6.45) is -0.646. The molecule has 170 valence electrons. The van der Waals surface area contributed by atoms with Crippen molar-refractivity contribution < 1.29 is 29.2 Å². The number of aliphatic hydroxyl groups excluding tert-OH is 3. The van der Waals surface area contributed by atoms with E-state index in [0.29, 0.717) is 40.3 Å². The molecule has 2 saturated heterocycles. The SMILES string of the molecule is C[C@H]([C@@H]1O[C@H]1C[C@H]1CO[C@@H](Cc2cnc(-c3ccc(Cl)c(Cl)c3)o2)[C@H](O)[C@@H]1O)[C@H](C)O. The Bertz CT molecular complexity index is 906. The molecule has 2 aliphatic heterocycles. The molecule has 0 radical (unpaired) electrons. The molecular formula is C22H27Cl2NO6. The van der Waals surface area contributed by atoms with Crippen LogP contribution in [0.2, 0.25) is 10.0 Å². The van der Waals surface area contributed by atoms with Crippen molar-refractivity contribution in [2.24, 2.45) is 11.8 Å². The van der Waals surface area contributed by atoms with E-state index in [9.17, 15) is 15.3 Å². The third-order valence-corrected chi connectivity index (χ3v) is 7.04. The fourth-order valence-corrected chi connectivity index (χ4v) is 4.37. The van der Waals surface area contributed by atoms with Gasteiger partial charge in [-0.3, -0.25) is 0 Å². The van der Waals surface area contributed by atoms with Crippen LogP contribution >= 0.6 is 23.2 Å². The van der Waals surface area contributed by atoms with Gasteiger partial charge in [-0.15, -0.1) is 0 Å². The van der Waals surface area contributed by atoms with E-state index in [0.717, 1.165) is 0 Å². The lowest BCUT2D eigenvalue weighted by molar-refractivity contribution is -0.166. The second-order valence-corrected chi connectivity index (χ2v) is 9.37. The third kappa shape index (κ3) is 5.09. The molecule has 1 aromatic carbocycles. The molecule has 2 aliphatic rings. The van der Waals surface area contributed by atoms with Gasteiger partial charge < -0.3 is 29.2 Å². The number of nitrogens with zero attached hydrogens (tertiary/aromatic N) is 1. The molecule has 4 rings (SSSR count). The number of rotatable bonds is 7. The second kappa shape index (κ2) is 9.35. The van der Waals surface area contributed by atoms with Crippen LogP contribution in [0.5, 0.6) is 0 Å². The van der Waals surface area contributed by atoms with Gasteiger partial charge in [-0.2, -0.15) is 0 Å². The van der Waals surface area contributed by atoms with Crippen LogP contribution in [0.3, 0.4) is 0 Å². The minimum Gasteiger partial charge on any atom is -0.441 e. The fraction of sp³-hybridized carbons (Fsp3) is 0.591. The van der Waals surface area contributed by atoms with Crippen LogP contribution in [0.1, 0.15) is 26.0 Å². The summed E-state index contributed by atoms with van der Waals surface area (Å²) in [5.41, 5.74) is 0.691. The van der Waals surface area contributed by atoms with Crippen molar-refractivity contribution in [3.05, 3.63) is 40.2 Å². The average molecular weight is 472 g/mol. The van der Waals surface area contributed by atoms with Gasteiger partial charge in [-0.1, -0.05) is 30.1 Å². The fourth-order valence-electron chi connectivity index (χ4n) is 4.07. The highest BCUT2D eigenvalue weighted by Crippen LogP contribution is 2.38. The Hall–Kier alpha value is -1.19. The Morgan fingerprint density at radius 1 is 1.13 bits per heavy atom. The first-order valence-electron chi connectivity index (χ1n) is 10.5. The normalized spacial score (nSPS) is 32.6. The van der Waals surface area contributed by atoms with Crippen molar-refractivity contribution in [1.29, 1.82) is 0 Å². The zero-order valence-electron chi connectivity index (χ0n) is 17.3. The number of hydrogen-bond donors (Lipinski definition) is 3. The topological polar surface area (TPSA) is 108 Å². The largest absolute Gasteiger partial charge is 0.441 e. The van der Waals surface area contributed by atoms with E-state index in [4.69, 9.17) is 37.1 Å². The highest BCUT2D eigenvalue weighted by molar-refractivity contribution is 6.42. The number of epoxide rings is 1. The maximum atomic E-state index is 10.6. The van der Waals surface area contributed by atoms with Gasteiger partial charge >= 0.3 is 0 Å². The van der Waals surface area contributed by atoms with Crippen LogP contribution in [0.25, 0.3) is 11.5 Å². The molecule has 9 heteroatoms. The van der Waals surface area contributed by atoms with Crippen molar-refractivity contribution >= 4 is 23.2 Å². The van der Waals surface area contributed by atoms with Crippen LogP contribution in [0.4, 0.5) is 0 Å². The van der Waals surface area contributed by atoms with Gasteiger partial charge in [0, 0.05) is 23.8 Å². The Labute approximate surface area is 190 Å². The van der Waals surface area contributed by atoms with Crippen LogP contribution < -0.4 is 0 Å². The summed E-state index contributed by atoms with van der Waals surface area (Å²) in [6.45, 7) is 4.00. The molecule has 0 aliphatic carbocycles. The lowest BCUT2D eigenvalue weighted by Gasteiger charge is -2.37. The van der Waals surface area contributed by atoms with E-state index in [1.165, 1.54) is 0 Å². The van der Waals surface area contributed by atoms with Crippen LogP contribution in [-0.2, 0) is 15.9 Å². The predicted molar refractivity (Wildman–Crippen MR) is 115 cm³/mol. The Kier molecular flexibility index (Phi) is 6.93. The minimum absolute atomic E-state index is 0.0175. The molecule has 0 bridgehead atoms. The molecule has 1 aromatic heterocycles. The maximum absolute atomic E-state index is 10.6. The summed E-state index contributed by atoms with van der Waals surface area (Å²) in [5.74, 6) is 0.720. The number of ether oxygens (including phenoxy) is 2. The smallest absolute Gasteiger partial charge is 0.226 e. The number of aromatic nitrogens is 1. The highest BCUT2D eigenvalue weighted by atomic mass is 35.5. The first-order chi connectivity index (χ1) is 14.7. The van der Waals surface area contributed by atoms with Gasteiger partial charge in [-0.05, 0) is 31.5 Å². The van der Waals surface area contributed by atoms with Crippen molar-refractivity contribution in [2.45, 2.75) is 63.3 Å². The molecule has 31 heavy (non-hydrogen) atoms. The molecular weight excluding hydrogens is 445 g/mol. The van der Waals surface area contributed by atoms with Gasteiger partial charge in [-0.25, -0.2) is 4.98 Å². The van der Waals surface area contributed by atoms with Gasteiger partial charge in [0.15, 0.2) is 0 Å². The summed E-state index contributed by atoms with van der Waals surface area (Å²) in [6, 6.07) is 5.10. The first kappa shape index (κ1) is 23.0. The summed E-state index contributed by atoms with van der Waals surface area (Å²) in [5, 5.41) is 31.8. The van der Waals surface area contributed by atoms with E-state index < -0.39 is 24.4 Å². The van der Waals surface area contributed by atoms with Crippen molar-refractivity contribution in [3.63, 3.8) is 0 Å². The molecule has 2 fully saturated rings. The number of aliphatic hydroxyl groups is 3. The minimum atomic E-state index is -1.05. The van der Waals surface area contributed by atoms with Gasteiger partial charge in [0.05, 0.1) is 53.4 Å². The van der Waals surface area contributed by atoms with E-state index in [1.807, 2.05) is 6.92 Å². The zero-order chi connectivity index (χ0) is 22.3. The Balaban J connectivity index is 1.33.